The van der Waals surface area contributed by atoms with Gasteiger partial charge in [0.05, 0.1) is 17.8 Å². The average Bonchev–Trinajstić information content (AvgIpc) is 2.73. The third-order valence-electron chi connectivity index (χ3n) is 6.21. The van der Waals surface area contributed by atoms with Crippen molar-refractivity contribution in [3.8, 4) is 0 Å². The van der Waals surface area contributed by atoms with E-state index in [1.165, 1.54) is 17.0 Å². The molecule has 0 spiro atoms. The number of urea groups is 1. The second-order valence-corrected chi connectivity index (χ2v) is 8.75. The molecule has 7 nitrogen and oxygen atoms in total. The number of benzene rings is 1. The first-order valence-electron chi connectivity index (χ1n) is 11.0. The number of piperidine rings is 1. The maximum Gasteiger partial charge on any atom is 0.418 e. The zero-order valence-electron chi connectivity index (χ0n) is 18.9. The van der Waals surface area contributed by atoms with Crippen LogP contribution in [0.15, 0.2) is 18.2 Å². The molecule has 10 heteroatoms. The highest BCUT2D eigenvalue weighted by atomic mass is 19.4. The highest BCUT2D eigenvalue weighted by Gasteiger charge is 2.35. The van der Waals surface area contributed by atoms with Crippen LogP contribution in [0, 0.1) is 0 Å². The molecule has 3 amide bonds. The Morgan fingerprint density at radius 3 is 2.38 bits per heavy atom. The molecular formula is C22H32F3N5O2. The van der Waals surface area contributed by atoms with E-state index in [-0.39, 0.29) is 17.6 Å². The zero-order chi connectivity index (χ0) is 23.5. The molecule has 1 atom stereocenters. The number of amides is 3. The van der Waals surface area contributed by atoms with Gasteiger partial charge < -0.3 is 20.0 Å². The second-order valence-electron chi connectivity index (χ2n) is 8.75. The van der Waals surface area contributed by atoms with Crippen LogP contribution in [0.1, 0.15) is 31.7 Å². The molecule has 2 saturated heterocycles. The average molecular weight is 456 g/mol. The molecule has 0 aliphatic carbocycles. The minimum atomic E-state index is -4.58. The normalized spacial score (nSPS) is 20.2. The summed E-state index contributed by atoms with van der Waals surface area (Å²) in [6.45, 7) is 4.89. The number of nitrogens with zero attached hydrogens (tertiary/aromatic N) is 4. The lowest BCUT2D eigenvalue weighted by atomic mass is 10.0. The summed E-state index contributed by atoms with van der Waals surface area (Å²) in [6, 6.07) is 3.54. The van der Waals surface area contributed by atoms with Crippen LogP contribution in [-0.4, -0.2) is 86.0 Å². The molecule has 2 heterocycles. The second kappa shape index (κ2) is 9.97. The quantitative estimate of drug-likeness (QED) is 0.757. The van der Waals surface area contributed by atoms with Gasteiger partial charge in [-0.3, -0.25) is 9.69 Å². The highest BCUT2D eigenvalue weighted by Crippen LogP contribution is 2.37. The number of rotatable bonds is 4. The third-order valence-corrected chi connectivity index (χ3v) is 6.21. The van der Waals surface area contributed by atoms with Gasteiger partial charge in [-0.05, 0) is 44.4 Å². The van der Waals surface area contributed by atoms with Crippen molar-refractivity contribution in [3.63, 3.8) is 0 Å². The van der Waals surface area contributed by atoms with Crippen molar-refractivity contribution in [1.82, 2.24) is 14.7 Å². The molecule has 1 N–H and O–H groups in total. The molecule has 3 rings (SSSR count). The fourth-order valence-electron chi connectivity index (χ4n) is 4.21. The van der Waals surface area contributed by atoms with E-state index in [0.717, 1.165) is 31.9 Å². The number of carbonyl (C=O) groups excluding carboxylic acids is 2. The van der Waals surface area contributed by atoms with E-state index >= 15 is 0 Å². The molecule has 32 heavy (non-hydrogen) atoms. The van der Waals surface area contributed by atoms with Crippen LogP contribution in [0.2, 0.25) is 0 Å². The Bertz CT molecular complexity index is 822. The van der Waals surface area contributed by atoms with Crippen molar-refractivity contribution in [2.24, 2.45) is 0 Å². The predicted octanol–water partition coefficient (Wildman–Crippen LogP) is 3.32. The van der Waals surface area contributed by atoms with Crippen molar-refractivity contribution >= 4 is 23.3 Å². The van der Waals surface area contributed by atoms with E-state index < -0.39 is 17.8 Å². The molecule has 1 aromatic carbocycles. The molecule has 0 bridgehead atoms. The molecule has 2 aliphatic heterocycles. The minimum Gasteiger partial charge on any atom is -0.378 e. The van der Waals surface area contributed by atoms with Gasteiger partial charge in [-0.15, -0.1) is 0 Å². The summed E-state index contributed by atoms with van der Waals surface area (Å²) in [7, 11) is 3.31. The van der Waals surface area contributed by atoms with Crippen LogP contribution in [0.5, 0.6) is 0 Å². The van der Waals surface area contributed by atoms with Gasteiger partial charge in [-0.2, -0.15) is 13.2 Å². The number of likely N-dealkylation sites (tertiary alicyclic amines) is 1. The van der Waals surface area contributed by atoms with Crippen LogP contribution in [0.25, 0.3) is 0 Å². The molecule has 1 unspecified atom stereocenters. The highest BCUT2D eigenvalue weighted by molar-refractivity contribution is 5.90. The largest absolute Gasteiger partial charge is 0.418 e. The Labute approximate surface area is 187 Å². The summed E-state index contributed by atoms with van der Waals surface area (Å²) >= 11 is 0. The summed E-state index contributed by atoms with van der Waals surface area (Å²) in [5, 5.41) is 2.42. The Hall–Kier alpha value is -2.49. The van der Waals surface area contributed by atoms with Crippen molar-refractivity contribution in [2.75, 3.05) is 63.6 Å². The van der Waals surface area contributed by atoms with Crippen molar-refractivity contribution < 1.29 is 22.8 Å². The van der Waals surface area contributed by atoms with Crippen LogP contribution in [0.4, 0.5) is 29.3 Å². The van der Waals surface area contributed by atoms with Gasteiger partial charge in [0.2, 0.25) is 5.91 Å². The topological polar surface area (TPSA) is 59.1 Å². The fraction of sp³-hybridized carbons (Fsp3) is 0.636. The molecule has 2 fully saturated rings. The van der Waals surface area contributed by atoms with Crippen LogP contribution >= 0.6 is 0 Å². The molecular weight excluding hydrogens is 423 g/mol. The molecule has 178 valence electrons. The number of alkyl halides is 3. The van der Waals surface area contributed by atoms with E-state index in [9.17, 15) is 22.8 Å². The number of halogens is 3. The van der Waals surface area contributed by atoms with Gasteiger partial charge >= 0.3 is 12.2 Å². The number of anilines is 2. The van der Waals surface area contributed by atoms with Crippen LogP contribution in [-0.2, 0) is 11.0 Å². The Balaban J connectivity index is 1.56. The van der Waals surface area contributed by atoms with Crippen LogP contribution < -0.4 is 10.2 Å². The van der Waals surface area contributed by atoms with Gasteiger partial charge in [0.1, 0.15) is 0 Å². The predicted molar refractivity (Wildman–Crippen MR) is 118 cm³/mol. The van der Waals surface area contributed by atoms with Crippen LogP contribution in [0.3, 0.4) is 0 Å². The van der Waals surface area contributed by atoms with E-state index in [1.807, 2.05) is 9.80 Å². The number of carbonyl (C=O) groups is 2. The standard InChI is InChI=1S/C22H32F3N5O2/c1-16-6-4-5-9-30(16)20(31)15-28-10-12-29(13-11-28)21(32)26-19-8-7-17(27(2)3)14-18(19)22(23,24)25/h7-8,14,16H,4-6,9-13,15H2,1-3H3,(H,26,32). The number of nitrogens with one attached hydrogen (secondary N) is 1. The first kappa shape index (κ1) is 24.2. The lowest BCUT2D eigenvalue weighted by Gasteiger charge is -2.38. The minimum absolute atomic E-state index is 0.103. The van der Waals surface area contributed by atoms with Gasteiger partial charge in [0.25, 0.3) is 0 Å². The zero-order valence-corrected chi connectivity index (χ0v) is 18.9. The first-order chi connectivity index (χ1) is 15.1. The number of hydrogen-bond donors (Lipinski definition) is 1. The Morgan fingerprint density at radius 2 is 1.78 bits per heavy atom. The Morgan fingerprint density at radius 1 is 1.09 bits per heavy atom. The summed E-state index contributed by atoms with van der Waals surface area (Å²) in [4.78, 5) is 32.2. The lowest BCUT2D eigenvalue weighted by Crippen LogP contribution is -2.53. The van der Waals surface area contributed by atoms with E-state index in [4.69, 9.17) is 0 Å². The van der Waals surface area contributed by atoms with E-state index in [0.29, 0.717) is 38.4 Å². The van der Waals surface area contributed by atoms with Crippen molar-refractivity contribution in [1.29, 1.82) is 0 Å². The number of hydrogen-bond acceptors (Lipinski definition) is 4. The Kier molecular flexibility index (Phi) is 7.53. The first-order valence-corrected chi connectivity index (χ1v) is 11.0. The van der Waals surface area contributed by atoms with Crippen molar-refractivity contribution in [3.05, 3.63) is 23.8 Å². The fourth-order valence-corrected chi connectivity index (χ4v) is 4.21. The smallest absolute Gasteiger partial charge is 0.378 e. The molecule has 2 aliphatic rings. The maximum atomic E-state index is 13.5. The van der Waals surface area contributed by atoms with E-state index in [2.05, 4.69) is 12.2 Å². The molecule has 0 radical (unpaired) electrons. The molecule has 1 aromatic rings. The van der Waals surface area contributed by atoms with Gasteiger partial charge in [0, 0.05) is 58.5 Å². The summed E-state index contributed by atoms with van der Waals surface area (Å²) in [5.74, 6) is 0.103. The molecule has 0 aromatic heterocycles. The van der Waals surface area contributed by atoms with Gasteiger partial charge in [-0.25, -0.2) is 4.79 Å². The lowest BCUT2D eigenvalue weighted by molar-refractivity contribution is -0.137. The summed E-state index contributed by atoms with van der Waals surface area (Å²) in [5.41, 5.74) is -0.738. The van der Waals surface area contributed by atoms with E-state index in [1.54, 1.807) is 19.0 Å². The molecule has 0 saturated carbocycles. The van der Waals surface area contributed by atoms with Gasteiger partial charge in [0.15, 0.2) is 0 Å². The third kappa shape index (κ3) is 5.85. The SMILES string of the molecule is CC1CCCCN1C(=O)CN1CCN(C(=O)Nc2ccc(N(C)C)cc2C(F)(F)F)CC1. The summed E-state index contributed by atoms with van der Waals surface area (Å²) in [6.07, 6.45) is -1.39. The van der Waals surface area contributed by atoms with Gasteiger partial charge in [-0.1, -0.05) is 0 Å². The maximum absolute atomic E-state index is 13.5. The summed E-state index contributed by atoms with van der Waals surface area (Å²) < 4.78 is 40.5. The monoisotopic (exact) mass is 455 g/mol. The number of piperazine rings is 1. The van der Waals surface area contributed by atoms with Crippen molar-refractivity contribution in [2.45, 2.75) is 38.4 Å².